The third kappa shape index (κ3) is 1.90. The first-order valence-electron chi connectivity index (χ1n) is 6.68. The van der Waals surface area contributed by atoms with Crippen molar-refractivity contribution in [1.82, 2.24) is 0 Å². The molecule has 2 atom stereocenters. The molecule has 5 heteroatoms. The van der Waals surface area contributed by atoms with Crippen LogP contribution in [-0.4, -0.2) is 23.5 Å². The number of carbonyl (C=O) groups is 3. The molecule has 20 heavy (non-hydrogen) atoms. The van der Waals surface area contributed by atoms with Crippen LogP contribution in [0.3, 0.4) is 0 Å². The van der Waals surface area contributed by atoms with Crippen LogP contribution in [-0.2, 0) is 19.1 Å². The average molecular weight is 274 g/mol. The number of ether oxygens (including phenoxy) is 2. The second-order valence-electron chi connectivity index (χ2n) is 5.15. The zero-order valence-electron chi connectivity index (χ0n) is 10.8. The van der Waals surface area contributed by atoms with Crippen molar-refractivity contribution in [1.29, 1.82) is 0 Å². The van der Waals surface area contributed by atoms with Gasteiger partial charge >= 0.3 is 17.9 Å². The predicted octanol–water partition coefficient (Wildman–Crippen LogP) is 1.86. The summed E-state index contributed by atoms with van der Waals surface area (Å²) in [5, 5.41) is 0. The number of cyclic esters (lactones) is 2. The maximum absolute atomic E-state index is 12.2. The first-order valence-corrected chi connectivity index (χ1v) is 6.68. The Balaban J connectivity index is 1.89. The molecule has 1 aliphatic heterocycles. The fourth-order valence-corrected chi connectivity index (χ4v) is 2.91. The highest BCUT2D eigenvalue weighted by atomic mass is 16.6. The van der Waals surface area contributed by atoms with Crippen LogP contribution in [0.5, 0.6) is 0 Å². The molecule has 3 rings (SSSR count). The van der Waals surface area contributed by atoms with Gasteiger partial charge in [0.2, 0.25) is 5.60 Å². The van der Waals surface area contributed by atoms with Gasteiger partial charge in [0.1, 0.15) is 5.92 Å². The van der Waals surface area contributed by atoms with Gasteiger partial charge in [-0.25, -0.2) is 9.59 Å². The van der Waals surface area contributed by atoms with E-state index in [9.17, 15) is 14.4 Å². The van der Waals surface area contributed by atoms with E-state index in [4.69, 9.17) is 9.47 Å². The summed E-state index contributed by atoms with van der Waals surface area (Å²) < 4.78 is 10.1. The highest BCUT2D eigenvalue weighted by Crippen LogP contribution is 2.43. The Morgan fingerprint density at radius 1 is 1.20 bits per heavy atom. The number of esters is 3. The van der Waals surface area contributed by atoms with Crippen molar-refractivity contribution in [2.24, 2.45) is 5.92 Å². The van der Waals surface area contributed by atoms with Crippen molar-refractivity contribution in [3.8, 4) is 0 Å². The zero-order chi connectivity index (χ0) is 14.2. The van der Waals surface area contributed by atoms with E-state index in [1.807, 2.05) is 0 Å². The summed E-state index contributed by atoms with van der Waals surface area (Å²) in [7, 11) is 0. The number of carbonyl (C=O) groups excluding carboxylic acids is 3. The summed E-state index contributed by atoms with van der Waals surface area (Å²) in [6.07, 6.45) is 2.44. The van der Waals surface area contributed by atoms with E-state index < -0.39 is 29.4 Å². The third-order valence-electron chi connectivity index (χ3n) is 3.96. The normalized spacial score (nSPS) is 28.7. The molecule has 2 fully saturated rings. The maximum Gasteiger partial charge on any atom is 0.359 e. The number of benzene rings is 1. The minimum absolute atomic E-state index is 0.348. The predicted molar refractivity (Wildman–Crippen MR) is 67.6 cm³/mol. The van der Waals surface area contributed by atoms with Crippen LogP contribution in [0, 0.1) is 5.92 Å². The fourth-order valence-electron chi connectivity index (χ4n) is 2.91. The molecule has 0 amide bonds. The van der Waals surface area contributed by atoms with Crippen LogP contribution in [0.1, 0.15) is 36.0 Å². The zero-order valence-corrected chi connectivity index (χ0v) is 10.8. The van der Waals surface area contributed by atoms with Crippen molar-refractivity contribution >= 4 is 17.9 Å². The van der Waals surface area contributed by atoms with Gasteiger partial charge in [-0.05, 0) is 31.4 Å². The van der Waals surface area contributed by atoms with Crippen molar-refractivity contribution in [3.63, 3.8) is 0 Å². The Morgan fingerprint density at radius 2 is 1.95 bits per heavy atom. The largest absolute Gasteiger partial charge is 0.442 e. The highest BCUT2D eigenvalue weighted by molar-refractivity contribution is 6.03. The average Bonchev–Trinajstić information content (AvgIpc) is 2.72. The molecule has 0 N–H and O–H groups in total. The molecule has 1 saturated heterocycles. The number of fused-ring (bicyclic) bond motifs is 1. The topological polar surface area (TPSA) is 69.7 Å². The van der Waals surface area contributed by atoms with Gasteiger partial charge < -0.3 is 9.47 Å². The van der Waals surface area contributed by atoms with E-state index in [-0.39, 0.29) is 0 Å². The van der Waals surface area contributed by atoms with Crippen LogP contribution >= 0.6 is 0 Å². The number of hydrogen-bond donors (Lipinski definition) is 0. The lowest BCUT2D eigenvalue weighted by Crippen LogP contribution is -2.47. The standard InChI is InChI=1S/C15H14O5/c16-12(10-6-2-1-3-7-10)20-15-9-5-4-8-11(15)13(17)19-14(15)18/h1-3,6-7,11H,4-5,8-9H2. The van der Waals surface area contributed by atoms with Gasteiger partial charge in [0.25, 0.3) is 0 Å². The summed E-state index contributed by atoms with van der Waals surface area (Å²) >= 11 is 0. The Morgan fingerprint density at radius 3 is 2.70 bits per heavy atom. The van der Waals surface area contributed by atoms with Gasteiger partial charge in [0.05, 0.1) is 5.56 Å². The highest BCUT2D eigenvalue weighted by Gasteiger charge is 2.61. The van der Waals surface area contributed by atoms with Crippen LogP contribution in [0.2, 0.25) is 0 Å². The monoisotopic (exact) mass is 274 g/mol. The molecule has 0 radical (unpaired) electrons. The van der Waals surface area contributed by atoms with Crippen LogP contribution in [0.25, 0.3) is 0 Å². The van der Waals surface area contributed by atoms with Crippen molar-refractivity contribution < 1.29 is 23.9 Å². The second-order valence-corrected chi connectivity index (χ2v) is 5.15. The van der Waals surface area contributed by atoms with E-state index in [1.54, 1.807) is 30.3 Å². The maximum atomic E-state index is 12.2. The van der Waals surface area contributed by atoms with Crippen molar-refractivity contribution in [2.45, 2.75) is 31.3 Å². The Kier molecular flexibility index (Phi) is 3.04. The smallest absolute Gasteiger partial charge is 0.359 e. The summed E-state index contributed by atoms with van der Waals surface area (Å²) in [4.78, 5) is 35.9. The molecular formula is C15H14O5. The molecule has 1 aromatic rings. The Hall–Kier alpha value is -2.17. The molecule has 2 unspecified atom stereocenters. The van der Waals surface area contributed by atoms with Crippen LogP contribution < -0.4 is 0 Å². The number of hydrogen-bond acceptors (Lipinski definition) is 5. The Bertz CT molecular complexity index is 565. The molecule has 1 aliphatic carbocycles. The summed E-state index contributed by atoms with van der Waals surface area (Å²) in [6.45, 7) is 0. The molecule has 0 spiro atoms. The van der Waals surface area contributed by atoms with Crippen LogP contribution in [0.15, 0.2) is 30.3 Å². The molecule has 1 saturated carbocycles. The molecule has 0 bridgehead atoms. The lowest BCUT2D eigenvalue weighted by Gasteiger charge is -2.32. The quantitative estimate of drug-likeness (QED) is 0.608. The molecule has 104 valence electrons. The van der Waals surface area contributed by atoms with Gasteiger partial charge in [-0.1, -0.05) is 24.6 Å². The fraction of sp³-hybridized carbons (Fsp3) is 0.400. The first-order chi connectivity index (χ1) is 9.63. The second kappa shape index (κ2) is 4.74. The molecule has 1 aromatic carbocycles. The summed E-state index contributed by atoms with van der Waals surface area (Å²) in [5.74, 6) is -2.55. The first kappa shape index (κ1) is 12.8. The molecule has 2 aliphatic rings. The molecule has 5 nitrogen and oxygen atoms in total. The van der Waals surface area contributed by atoms with Crippen molar-refractivity contribution in [3.05, 3.63) is 35.9 Å². The van der Waals surface area contributed by atoms with E-state index in [2.05, 4.69) is 0 Å². The third-order valence-corrected chi connectivity index (χ3v) is 3.96. The summed E-state index contributed by atoms with van der Waals surface area (Å²) in [5.41, 5.74) is -1.05. The minimum Gasteiger partial charge on any atom is -0.442 e. The van der Waals surface area contributed by atoms with E-state index in [0.29, 0.717) is 18.4 Å². The Labute approximate surface area is 115 Å². The molecule has 0 aromatic heterocycles. The van der Waals surface area contributed by atoms with Crippen molar-refractivity contribution in [2.75, 3.05) is 0 Å². The van der Waals surface area contributed by atoms with Gasteiger partial charge in [0.15, 0.2) is 0 Å². The van der Waals surface area contributed by atoms with Gasteiger partial charge in [0, 0.05) is 0 Å². The van der Waals surface area contributed by atoms with Crippen LogP contribution in [0.4, 0.5) is 0 Å². The van der Waals surface area contributed by atoms with Gasteiger partial charge in [-0.3, -0.25) is 4.79 Å². The minimum atomic E-state index is -1.41. The number of rotatable bonds is 2. The van der Waals surface area contributed by atoms with E-state index >= 15 is 0 Å². The lowest BCUT2D eigenvalue weighted by atomic mass is 9.77. The SMILES string of the molecule is O=C(OC12CCCCC1C(=O)OC2=O)c1ccccc1. The lowest BCUT2D eigenvalue weighted by molar-refractivity contribution is -0.160. The van der Waals surface area contributed by atoms with E-state index in [1.165, 1.54) is 0 Å². The van der Waals surface area contributed by atoms with E-state index in [0.717, 1.165) is 12.8 Å². The molecular weight excluding hydrogens is 260 g/mol. The molecule has 1 heterocycles. The van der Waals surface area contributed by atoms with Gasteiger partial charge in [-0.2, -0.15) is 0 Å². The van der Waals surface area contributed by atoms with Gasteiger partial charge in [-0.15, -0.1) is 0 Å². The summed E-state index contributed by atoms with van der Waals surface area (Å²) in [6, 6.07) is 8.43.